The van der Waals surface area contributed by atoms with E-state index in [1.165, 1.54) is 12.0 Å². The maximum Gasteiger partial charge on any atom is 0.0579 e. The van der Waals surface area contributed by atoms with Gasteiger partial charge in [0.15, 0.2) is 0 Å². The summed E-state index contributed by atoms with van der Waals surface area (Å²) in [5.41, 5.74) is 1.53. The molecule has 0 saturated heterocycles. The van der Waals surface area contributed by atoms with Crippen LogP contribution in [0.15, 0.2) is 11.6 Å². The number of hydrogen-bond acceptors (Lipinski definition) is 4. The van der Waals surface area contributed by atoms with Gasteiger partial charge in [-0.25, -0.2) is 0 Å². The Morgan fingerprint density at radius 1 is 0.909 bits per heavy atom. The molecular formula is C29H50O4. The van der Waals surface area contributed by atoms with Crippen molar-refractivity contribution in [1.82, 2.24) is 0 Å². The zero-order valence-corrected chi connectivity index (χ0v) is 21.9. The van der Waals surface area contributed by atoms with E-state index >= 15 is 0 Å². The molecule has 4 heteroatoms. The van der Waals surface area contributed by atoms with Crippen LogP contribution in [-0.4, -0.2) is 45.3 Å². The summed E-state index contributed by atoms with van der Waals surface area (Å²) in [5.74, 6) is 2.82. The zero-order valence-electron chi connectivity index (χ0n) is 21.9. The van der Waals surface area contributed by atoms with Crippen LogP contribution in [0.4, 0.5) is 0 Å². The lowest BCUT2D eigenvalue weighted by molar-refractivity contribution is -0.180. The monoisotopic (exact) mass is 462 g/mol. The van der Waals surface area contributed by atoms with Crippen molar-refractivity contribution in [2.45, 2.75) is 105 Å². The Balaban J connectivity index is 1.58. The topological polar surface area (TPSA) is 80.9 Å². The highest BCUT2D eigenvalue weighted by Gasteiger charge is 2.64. The molecule has 0 spiro atoms. The summed E-state index contributed by atoms with van der Waals surface area (Å²) in [7, 11) is 0. The molecule has 0 aromatic carbocycles. The van der Waals surface area contributed by atoms with Gasteiger partial charge < -0.3 is 20.4 Å². The van der Waals surface area contributed by atoms with Gasteiger partial charge in [0, 0.05) is 6.61 Å². The van der Waals surface area contributed by atoms with Gasteiger partial charge in [0.2, 0.25) is 0 Å². The minimum absolute atomic E-state index is 0.0820. The maximum absolute atomic E-state index is 11.5. The van der Waals surface area contributed by atoms with Crippen molar-refractivity contribution in [2.24, 2.45) is 58.2 Å². The molecule has 4 N–H and O–H groups in total. The number of rotatable bonds is 5. The minimum atomic E-state index is -0.361. The third-order valence-corrected chi connectivity index (χ3v) is 11.7. The Kier molecular flexibility index (Phi) is 7.17. The molecule has 0 radical (unpaired) electrons. The van der Waals surface area contributed by atoms with E-state index in [4.69, 9.17) is 0 Å². The molecule has 4 aliphatic rings. The van der Waals surface area contributed by atoms with Gasteiger partial charge in [-0.3, -0.25) is 0 Å². The standard InChI is InChI=1S/C29H50O4/c1-16(19(4)18(3)15-30)11-17(2)23-14-26(33)27-21-13-25(32)24-12-20(31)7-9-28(24,5)22(21)8-10-29(23,27)6/h11,17-27,30-33H,7-10,12-15H2,1-6H3/b16-11+/t17-,18+,19+,20+,21-,22+,23-,24-,25+,26-,27-,28-,29-/m1/s1. The average molecular weight is 463 g/mol. The molecule has 0 amide bonds. The summed E-state index contributed by atoms with van der Waals surface area (Å²) in [6.07, 6.45) is 8.07. The Labute approximate surface area is 201 Å². The van der Waals surface area contributed by atoms with E-state index in [2.05, 4.69) is 47.6 Å². The first kappa shape index (κ1) is 25.7. The van der Waals surface area contributed by atoms with Crippen molar-refractivity contribution >= 4 is 0 Å². The van der Waals surface area contributed by atoms with Crippen molar-refractivity contribution in [3.05, 3.63) is 11.6 Å². The molecule has 0 aromatic heterocycles. The van der Waals surface area contributed by atoms with Gasteiger partial charge in [-0.2, -0.15) is 0 Å². The summed E-state index contributed by atoms with van der Waals surface area (Å²) in [6, 6.07) is 0. The second-order valence-corrected chi connectivity index (χ2v) is 13.3. The fourth-order valence-corrected chi connectivity index (χ4v) is 9.50. The number of aliphatic hydroxyl groups excluding tert-OH is 4. The second kappa shape index (κ2) is 9.22. The number of allylic oxidation sites excluding steroid dienone is 2. The molecule has 4 rings (SSSR count). The molecule has 0 unspecified atom stereocenters. The van der Waals surface area contributed by atoms with Crippen molar-refractivity contribution in [1.29, 1.82) is 0 Å². The summed E-state index contributed by atoms with van der Waals surface area (Å²) >= 11 is 0. The summed E-state index contributed by atoms with van der Waals surface area (Å²) in [4.78, 5) is 0. The molecular weight excluding hydrogens is 412 g/mol. The molecule has 0 bridgehead atoms. The van der Waals surface area contributed by atoms with E-state index in [0.29, 0.717) is 29.6 Å². The van der Waals surface area contributed by atoms with Gasteiger partial charge >= 0.3 is 0 Å². The van der Waals surface area contributed by atoms with Crippen LogP contribution < -0.4 is 0 Å². The molecule has 4 fully saturated rings. The van der Waals surface area contributed by atoms with Crippen molar-refractivity contribution in [3.8, 4) is 0 Å². The van der Waals surface area contributed by atoms with Gasteiger partial charge in [0.05, 0.1) is 18.3 Å². The van der Waals surface area contributed by atoms with Crippen LogP contribution in [0.1, 0.15) is 86.5 Å². The van der Waals surface area contributed by atoms with Crippen LogP contribution >= 0.6 is 0 Å². The van der Waals surface area contributed by atoms with Crippen LogP contribution in [-0.2, 0) is 0 Å². The number of fused-ring (bicyclic) bond motifs is 5. The Morgan fingerprint density at radius 2 is 1.58 bits per heavy atom. The third kappa shape index (κ3) is 4.15. The van der Waals surface area contributed by atoms with E-state index in [9.17, 15) is 20.4 Å². The van der Waals surface area contributed by atoms with Crippen LogP contribution in [0.2, 0.25) is 0 Å². The average Bonchev–Trinajstić information content (AvgIpc) is 3.04. The van der Waals surface area contributed by atoms with Gasteiger partial charge in [-0.05, 0) is 110 Å². The van der Waals surface area contributed by atoms with Crippen LogP contribution in [0.5, 0.6) is 0 Å². The minimum Gasteiger partial charge on any atom is -0.396 e. The molecule has 0 aliphatic heterocycles. The van der Waals surface area contributed by atoms with Crippen molar-refractivity contribution in [3.63, 3.8) is 0 Å². The quantitative estimate of drug-likeness (QED) is 0.443. The number of aliphatic hydroxyl groups is 4. The maximum atomic E-state index is 11.5. The first-order valence-electron chi connectivity index (χ1n) is 13.8. The Hall–Kier alpha value is -0.420. The van der Waals surface area contributed by atoms with Crippen LogP contribution in [0.25, 0.3) is 0 Å². The summed E-state index contributed by atoms with van der Waals surface area (Å²) < 4.78 is 0. The molecule has 13 atom stereocenters. The highest BCUT2D eigenvalue weighted by atomic mass is 16.3. The van der Waals surface area contributed by atoms with E-state index < -0.39 is 0 Å². The van der Waals surface area contributed by atoms with Crippen LogP contribution in [0.3, 0.4) is 0 Å². The Morgan fingerprint density at radius 3 is 2.24 bits per heavy atom. The highest BCUT2D eigenvalue weighted by molar-refractivity contribution is 5.16. The van der Waals surface area contributed by atoms with E-state index in [1.54, 1.807) is 0 Å². The normalized spacial score (nSPS) is 50.7. The smallest absolute Gasteiger partial charge is 0.0579 e. The van der Waals surface area contributed by atoms with Crippen molar-refractivity contribution < 1.29 is 20.4 Å². The summed E-state index contributed by atoms with van der Waals surface area (Å²) in [5, 5.41) is 42.6. The van der Waals surface area contributed by atoms with Gasteiger partial charge in [-0.15, -0.1) is 0 Å². The van der Waals surface area contributed by atoms with Gasteiger partial charge in [0.1, 0.15) is 0 Å². The second-order valence-electron chi connectivity index (χ2n) is 13.3. The fraction of sp³-hybridized carbons (Fsp3) is 0.931. The molecule has 0 aromatic rings. The lowest BCUT2D eigenvalue weighted by Gasteiger charge is -2.62. The van der Waals surface area contributed by atoms with Crippen molar-refractivity contribution in [2.75, 3.05) is 6.61 Å². The SMILES string of the molecule is C/C(=C\[C@@H](C)[C@H]1C[C@@H](O)[C@H]2[C@@H]3C[C@H](O)[C@H]4C[C@@H](O)CC[C@]4(C)[C@H]3CC[C@@]21C)[C@H](C)[C@@H](C)CO. The summed E-state index contributed by atoms with van der Waals surface area (Å²) in [6.45, 7) is 13.9. The first-order valence-corrected chi connectivity index (χ1v) is 13.8. The Bertz CT molecular complexity index is 735. The lowest BCUT2D eigenvalue weighted by Crippen LogP contribution is -2.59. The zero-order chi connectivity index (χ0) is 24.3. The largest absolute Gasteiger partial charge is 0.396 e. The third-order valence-electron chi connectivity index (χ3n) is 11.7. The number of hydrogen-bond donors (Lipinski definition) is 4. The lowest BCUT2D eigenvalue weighted by atomic mass is 9.43. The molecule has 0 heterocycles. The van der Waals surface area contributed by atoms with E-state index in [-0.39, 0.29) is 53.5 Å². The fourth-order valence-electron chi connectivity index (χ4n) is 9.50. The van der Waals surface area contributed by atoms with Gasteiger partial charge in [-0.1, -0.05) is 46.3 Å². The highest BCUT2D eigenvalue weighted by Crippen LogP contribution is 2.68. The molecule has 190 valence electrons. The molecule has 4 aliphatic carbocycles. The predicted octanol–water partition coefficient (Wildman–Crippen LogP) is 4.79. The molecule has 4 saturated carbocycles. The molecule has 33 heavy (non-hydrogen) atoms. The van der Waals surface area contributed by atoms with E-state index in [0.717, 1.165) is 38.5 Å². The van der Waals surface area contributed by atoms with Gasteiger partial charge in [0.25, 0.3) is 0 Å². The van der Waals surface area contributed by atoms with Crippen LogP contribution in [0, 0.1) is 58.2 Å². The van der Waals surface area contributed by atoms with E-state index in [1.807, 2.05) is 0 Å². The first-order chi connectivity index (χ1) is 15.4. The predicted molar refractivity (Wildman–Crippen MR) is 132 cm³/mol. The molecule has 4 nitrogen and oxygen atoms in total.